The van der Waals surface area contributed by atoms with Crippen molar-refractivity contribution in [1.82, 2.24) is 10.2 Å². The molecule has 0 fully saturated rings. The summed E-state index contributed by atoms with van der Waals surface area (Å²) in [5.74, 6) is 0.387. The average Bonchev–Trinajstić information content (AvgIpc) is 2.60. The highest BCUT2D eigenvalue weighted by Gasteiger charge is 2.29. The minimum Gasteiger partial charge on any atom is -0.497 e. The van der Waals surface area contributed by atoms with E-state index in [1.165, 1.54) is 5.56 Å². The molecule has 130 valence electrons. The number of carbonyl (C=O) groups excluding carboxylic acids is 2. The number of benzene rings is 2. The van der Waals surface area contributed by atoms with Gasteiger partial charge in [0.25, 0.3) is 0 Å². The van der Waals surface area contributed by atoms with Crippen LogP contribution in [0.1, 0.15) is 22.7 Å². The number of nitrogens with one attached hydrogen (secondary N) is 1. The smallest absolute Gasteiger partial charge is 0.318 e. The Labute approximate surface area is 146 Å². The summed E-state index contributed by atoms with van der Waals surface area (Å²) < 4.78 is 5.30. The average molecular weight is 339 g/mol. The number of carbonyl (C=O) groups is 2. The Morgan fingerprint density at radius 2 is 1.96 bits per heavy atom. The van der Waals surface area contributed by atoms with Gasteiger partial charge in [0.15, 0.2) is 0 Å². The van der Waals surface area contributed by atoms with Crippen LogP contribution in [-0.4, -0.2) is 30.5 Å². The molecule has 0 bridgehead atoms. The Balaban J connectivity index is 1.90. The lowest BCUT2D eigenvalue weighted by molar-refractivity contribution is -0.122. The molecule has 1 unspecified atom stereocenters. The molecule has 2 aromatic carbocycles. The second kappa shape index (κ2) is 7.36. The number of amides is 3. The Bertz CT molecular complexity index is 777. The minimum atomic E-state index is -0.833. The van der Waals surface area contributed by atoms with Crippen molar-refractivity contribution in [1.29, 1.82) is 0 Å². The van der Waals surface area contributed by atoms with Crippen molar-refractivity contribution < 1.29 is 14.3 Å². The van der Waals surface area contributed by atoms with Gasteiger partial charge in [-0.2, -0.15) is 0 Å². The van der Waals surface area contributed by atoms with Gasteiger partial charge in [-0.3, -0.25) is 15.0 Å². The SMILES string of the molecule is COc1ccc2c(c1)CN(CC(=O)NC(N)=O)C(c1ccccc1)C2. The van der Waals surface area contributed by atoms with E-state index in [9.17, 15) is 9.59 Å². The summed E-state index contributed by atoms with van der Waals surface area (Å²) in [6.07, 6.45) is 0.785. The first kappa shape index (κ1) is 17.0. The molecule has 0 saturated heterocycles. The first-order valence-electron chi connectivity index (χ1n) is 8.11. The standard InChI is InChI=1S/C19H21N3O3/c1-25-16-8-7-14-10-17(13-5-3-2-4-6-13)22(11-15(14)9-16)12-18(23)21-19(20)24/h2-9,17H,10-12H2,1H3,(H3,20,21,23,24). The molecule has 0 aromatic heterocycles. The zero-order valence-electron chi connectivity index (χ0n) is 14.1. The zero-order valence-corrected chi connectivity index (χ0v) is 14.1. The molecule has 0 radical (unpaired) electrons. The van der Waals surface area contributed by atoms with E-state index < -0.39 is 11.9 Å². The third-order valence-electron chi connectivity index (χ3n) is 4.43. The maximum Gasteiger partial charge on any atom is 0.318 e. The molecule has 3 N–H and O–H groups in total. The van der Waals surface area contributed by atoms with Crippen molar-refractivity contribution in [2.24, 2.45) is 5.73 Å². The molecule has 0 saturated carbocycles. The van der Waals surface area contributed by atoms with Crippen LogP contribution < -0.4 is 15.8 Å². The molecule has 1 heterocycles. The van der Waals surface area contributed by atoms with Crippen molar-refractivity contribution >= 4 is 11.9 Å². The van der Waals surface area contributed by atoms with E-state index in [0.717, 1.165) is 23.3 Å². The minimum absolute atomic E-state index is 0.0562. The number of fused-ring (bicyclic) bond motifs is 1. The quantitative estimate of drug-likeness (QED) is 0.892. The number of hydrogen-bond acceptors (Lipinski definition) is 4. The zero-order chi connectivity index (χ0) is 17.8. The van der Waals surface area contributed by atoms with Crippen LogP contribution in [0.15, 0.2) is 48.5 Å². The fourth-order valence-electron chi connectivity index (χ4n) is 3.27. The number of primary amides is 1. The molecule has 25 heavy (non-hydrogen) atoms. The van der Waals surface area contributed by atoms with E-state index in [-0.39, 0.29) is 12.6 Å². The van der Waals surface area contributed by atoms with Gasteiger partial charge in [0.05, 0.1) is 13.7 Å². The van der Waals surface area contributed by atoms with Crippen LogP contribution in [0.3, 0.4) is 0 Å². The van der Waals surface area contributed by atoms with Crippen molar-refractivity contribution in [3.8, 4) is 5.75 Å². The van der Waals surface area contributed by atoms with Gasteiger partial charge in [-0.1, -0.05) is 36.4 Å². The molecule has 6 nitrogen and oxygen atoms in total. The Morgan fingerprint density at radius 1 is 1.20 bits per heavy atom. The van der Waals surface area contributed by atoms with E-state index in [2.05, 4.69) is 28.4 Å². The van der Waals surface area contributed by atoms with Crippen LogP contribution in [0.2, 0.25) is 0 Å². The topological polar surface area (TPSA) is 84.7 Å². The third kappa shape index (κ3) is 3.97. The predicted molar refractivity (Wildman–Crippen MR) is 94.0 cm³/mol. The molecule has 0 aliphatic carbocycles. The number of imide groups is 1. The van der Waals surface area contributed by atoms with Crippen LogP contribution in [0.25, 0.3) is 0 Å². The molecule has 1 aliphatic heterocycles. The highest BCUT2D eigenvalue weighted by atomic mass is 16.5. The summed E-state index contributed by atoms with van der Waals surface area (Å²) in [4.78, 5) is 25.0. The van der Waals surface area contributed by atoms with Crippen molar-refractivity contribution in [3.05, 3.63) is 65.2 Å². The van der Waals surface area contributed by atoms with Gasteiger partial charge in [-0.05, 0) is 35.2 Å². The second-order valence-corrected chi connectivity index (χ2v) is 6.08. The molecule has 2 aromatic rings. The normalized spacial score (nSPS) is 16.8. The molecule has 1 aliphatic rings. The maximum absolute atomic E-state index is 12.1. The molecular formula is C19H21N3O3. The highest BCUT2D eigenvalue weighted by molar-refractivity contribution is 5.94. The lowest BCUT2D eigenvalue weighted by Gasteiger charge is -2.37. The largest absolute Gasteiger partial charge is 0.497 e. The summed E-state index contributed by atoms with van der Waals surface area (Å²) in [6, 6.07) is 15.3. The van der Waals surface area contributed by atoms with Crippen LogP contribution in [-0.2, 0) is 17.8 Å². The van der Waals surface area contributed by atoms with Crippen molar-refractivity contribution in [2.45, 2.75) is 19.0 Å². The third-order valence-corrected chi connectivity index (χ3v) is 4.43. The van der Waals surface area contributed by atoms with E-state index in [1.807, 2.05) is 30.3 Å². The molecule has 0 spiro atoms. The lowest BCUT2D eigenvalue weighted by Crippen LogP contribution is -2.44. The summed E-state index contributed by atoms with van der Waals surface area (Å²) in [7, 11) is 1.63. The Morgan fingerprint density at radius 3 is 2.64 bits per heavy atom. The number of rotatable bonds is 4. The molecule has 3 rings (SSSR count). The first-order chi connectivity index (χ1) is 12.1. The van der Waals surface area contributed by atoms with Crippen molar-refractivity contribution in [3.63, 3.8) is 0 Å². The second-order valence-electron chi connectivity index (χ2n) is 6.08. The predicted octanol–water partition coefficient (Wildman–Crippen LogP) is 1.99. The molecule has 1 atom stereocenters. The van der Waals surface area contributed by atoms with Crippen LogP contribution in [0.4, 0.5) is 4.79 Å². The van der Waals surface area contributed by atoms with Gasteiger partial charge < -0.3 is 10.5 Å². The monoisotopic (exact) mass is 339 g/mol. The summed E-state index contributed by atoms with van der Waals surface area (Å²) in [6.45, 7) is 0.692. The van der Waals surface area contributed by atoms with E-state index in [0.29, 0.717) is 6.54 Å². The van der Waals surface area contributed by atoms with Gasteiger partial charge >= 0.3 is 6.03 Å². The number of nitrogens with zero attached hydrogens (tertiary/aromatic N) is 1. The Hall–Kier alpha value is -2.86. The summed E-state index contributed by atoms with van der Waals surface area (Å²) in [5, 5.41) is 2.14. The number of hydrogen-bond donors (Lipinski definition) is 2. The molecular weight excluding hydrogens is 318 g/mol. The lowest BCUT2D eigenvalue weighted by atomic mass is 9.89. The van der Waals surface area contributed by atoms with Crippen molar-refractivity contribution in [2.75, 3.05) is 13.7 Å². The van der Waals surface area contributed by atoms with Gasteiger partial charge in [0, 0.05) is 12.6 Å². The summed E-state index contributed by atoms with van der Waals surface area (Å²) >= 11 is 0. The van der Waals surface area contributed by atoms with Crippen LogP contribution in [0.5, 0.6) is 5.75 Å². The molecule has 6 heteroatoms. The van der Waals surface area contributed by atoms with E-state index in [1.54, 1.807) is 7.11 Å². The fourth-order valence-corrected chi connectivity index (χ4v) is 3.27. The highest BCUT2D eigenvalue weighted by Crippen LogP contribution is 2.34. The van der Waals surface area contributed by atoms with Gasteiger partial charge in [0.2, 0.25) is 5.91 Å². The van der Waals surface area contributed by atoms with Gasteiger partial charge in [-0.25, -0.2) is 4.79 Å². The van der Waals surface area contributed by atoms with Crippen LogP contribution in [0, 0.1) is 0 Å². The van der Waals surface area contributed by atoms with E-state index >= 15 is 0 Å². The van der Waals surface area contributed by atoms with Gasteiger partial charge in [0.1, 0.15) is 5.75 Å². The number of nitrogens with two attached hydrogens (primary N) is 1. The molecule has 3 amide bonds. The Kier molecular flexibility index (Phi) is 5.00. The van der Waals surface area contributed by atoms with Crippen LogP contribution >= 0.6 is 0 Å². The first-order valence-corrected chi connectivity index (χ1v) is 8.11. The number of methoxy groups -OCH3 is 1. The maximum atomic E-state index is 12.1. The number of urea groups is 1. The van der Waals surface area contributed by atoms with E-state index in [4.69, 9.17) is 10.5 Å². The fraction of sp³-hybridized carbons (Fsp3) is 0.263. The van der Waals surface area contributed by atoms with Gasteiger partial charge in [-0.15, -0.1) is 0 Å². The summed E-state index contributed by atoms with van der Waals surface area (Å²) in [5.41, 5.74) is 8.55. The number of ether oxygens (including phenoxy) is 1.